The Morgan fingerprint density at radius 1 is 1.25 bits per heavy atom. The highest BCUT2D eigenvalue weighted by molar-refractivity contribution is 14.0. The van der Waals surface area contributed by atoms with Crippen molar-refractivity contribution in [3.05, 3.63) is 57.1 Å². The first-order valence-corrected chi connectivity index (χ1v) is 11.4. The molecular formula is C22H30IN7OS. The average molecular weight is 568 g/mol. The van der Waals surface area contributed by atoms with Crippen LogP contribution in [0.2, 0.25) is 0 Å². The molecule has 0 aliphatic carbocycles. The summed E-state index contributed by atoms with van der Waals surface area (Å²) in [7, 11) is 1.96. The molecule has 172 valence electrons. The highest BCUT2D eigenvalue weighted by Gasteiger charge is 2.22. The Morgan fingerprint density at radius 3 is 2.78 bits per heavy atom. The molecule has 0 saturated heterocycles. The summed E-state index contributed by atoms with van der Waals surface area (Å²) < 4.78 is 7.77. The summed E-state index contributed by atoms with van der Waals surface area (Å²) in [6.07, 6.45) is 1.74. The summed E-state index contributed by atoms with van der Waals surface area (Å²) in [6.45, 7) is 8.00. The molecule has 10 heteroatoms. The Bertz CT molecular complexity index is 1060. The summed E-state index contributed by atoms with van der Waals surface area (Å²) in [5, 5.41) is 16.6. The largest absolute Gasteiger partial charge is 0.493 e. The molecule has 4 rings (SSSR count). The van der Waals surface area contributed by atoms with Crippen LogP contribution in [-0.4, -0.2) is 38.9 Å². The van der Waals surface area contributed by atoms with Gasteiger partial charge < -0.3 is 19.9 Å². The second kappa shape index (κ2) is 11.1. The van der Waals surface area contributed by atoms with E-state index in [1.54, 1.807) is 11.3 Å². The van der Waals surface area contributed by atoms with Crippen molar-refractivity contribution in [1.82, 2.24) is 30.4 Å². The van der Waals surface area contributed by atoms with E-state index in [9.17, 15) is 0 Å². The van der Waals surface area contributed by atoms with Crippen molar-refractivity contribution >= 4 is 41.3 Å². The van der Waals surface area contributed by atoms with Crippen LogP contribution < -0.4 is 15.4 Å². The third kappa shape index (κ3) is 5.77. The first-order valence-electron chi connectivity index (χ1n) is 10.6. The first-order chi connectivity index (χ1) is 15.0. The van der Waals surface area contributed by atoms with Gasteiger partial charge in [-0.05, 0) is 26.8 Å². The molecule has 1 unspecified atom stereocenters. The molecule has 0 bridgehead atoms. The van der Waals surface area contributed by atoms with Crippen LogP contribution in [0.15, 0.2) is 29.3 Å². The lowest BCUT2D eigenvalue weighted by Gasteiger charge is -2.28. The van der Waals surface area contributed by atoms with E-state index in [1.165, 1.54) is 4.88 Å². The molecule has 3 heterocycles. The lowest BCUT2D eigenvalue weighted by Crippen LogP contribution is -2.42. The molecule has 32 heavy (non-hydrogen) atoms. The number of rotatable bonds is 6. The second-order valence-electron chi connectivity index (χ2n) is 7.69. The van der Waals surface area contributed by atoms with Gasteiger partial charge in [0.1, 0.15) is 18.1 Å². The number of aromatic nitrogens is 4. The van der Waals surface area contributed by atoms with Gasteiger partial charge in [0.25, 0.3) is 0 Å². The zero-order chi connectivity index (χ0) is 21.8. The van der Waals surface area contributed by atoms with Crippen molar-refractivity contribution in [2.75, 3.05) is 13.2 Å². The van der Waals surface area contributed by atoms with Crippen molar-refractivity contribution in [3.63, 3.8) is 0 Å². The third-order valence-electron chi connectivity index (χ3n) is 5.53. The molecule has 1 aliphatic heterocycles. The second-order valence-corrected chi connectivity index (χ2v) is 8.97. The molecule has 3 aromatic rings. The number of aliphatic imine (C=N–C) groups is 1. The highest BCUT2D eigenvalue weighted by atomic mass is 127. The predicted molar refractivity (Wildman–Crippen MR) is 138 cm³/mol. The van der Waals surface area contributed by atoms with Crippen LogP contribution in [0.5, 0.6) is 5.75 Å². The van der Waals surface area contributed by atoms with Gasteiger partial charge >= 0.3 is 0 Å². The molecule has 1 atom stereocenters. The van der Waals surface area contributed by atoms with E-state index in [1.807, 2.05) is 36.7 Å². The smallest absolute Gasteiger partial charge is 0.192 e. The minimum Gasteiger partial charge on any atom is -0.493 e. The molecule has 0 saturated carbocycles. The van der Waals surface area contributed by atoms with E-state index in [4.69, 9.17) is 9.73 Å². The van der Waals surface area contributed by atoms with Gasteiger partial charge in [0, 0.05) is 36.9 Å². The fourth-order valence-corrected chi connectivity index (χ4v) is 4.42. The first kappa shape index (κ1) is 24.4. The van der Waals surface area contributed by atoms with Crippen molar-refractivity contribution in [3.8, 4) is 5.75 Å². The predicted octanol–water partition coefficient (Wildman–Crippen LogP) is 3.62. The van der Waals surface area contributed by atoms with Gasteiger partial charge in [-0.25, -0.2) is 9.98 Å². The van der Waals surface area contributed by atoms with E-state index in [0.29, 0.717) is 13.2 Å². The number of nitrogens with one attached hydrogen (secondary N) is 2. The number of benzene rings is 1. The van der Waals surface area contributed by atoms with E-state index in [0.717, 1.165) is 59.0 Å². The van der Waals surface area contributed by atoms with E-state index >= 15 is 0 Å². The molecule has 0 radical (unpaired) electrons. The Hall–Kier alpha value is -2.21. The number of thiazole rings is 1. The zero-order valence-electron chi connectivity index (χ0n) is 18.9. The van der Waals surface area contributed by atoms with Crippen molar-refractivity contribution < 1.29 is 4.74 Å². The van der Waals surface area contributed by atoms with Crippen molar-refractivity contribution in [2.45, 2.75) is 46.2 Å². The summed E-state index contributed by atoms with van der Waals surface area (Å²) >= 11 is 1.76. The summed E-state index contributed by atoms with van der Waals surface area (Å²) in [4.78, 5) is 10.7. The van der Waals surface area contributed by atoms with Crippen molar-refractivity contribution in [1.29, 1.82) is 0 Å². The number of hydrogen-bond acceptors (Lipinski definition) is 6. The van der Waals surface area contributed by atoms with Gasteiger partial charge in [-0.2, -0.15) is 0 Å². The van der Waals surface area contributed by atoms with Gasteiger partial charge in [-0.1, -0.05) is 18.2 Å². The SMILES string of the molecule is Cc1nc(CCNC(=NCc2nnc(C)n2C)NC2CCOc3ccccc32)sc1C.I. The number of hydrogen-bond donors (Lipinski definition) is 2. The zero-order valence-corrected chi connectivity index (χ0v) is 22.0. The van der Waals surface area contributed by atoms with E-state index in [2.05, 4.69) is 45.7 Å². The number of aryl methyl sites for hydroxylation is 3. The fourth-order valence-electron chi connectivity index (χ4n) is 3.48. The molecule has 0 spiro atoms. The van der Waals surface area contributed by atoms with Crippen LogP contribution in [0.1, 0.15) is 45.3 Å². The van der Waals surface area contributed by atoms with Crippen LogP contribution in [-0.2, 0) is 20.0 Å². The molecule has 1 aromatic carbocycles. The molecule has 0 amide bonds. The van der Waals surface area contributed by atoms with Gasteiger partial charge in [0.2, 0.25) is 0 Å². The Labute approximate surface area is 209 Å². The molecular weight excluding hydrogens is 537 g/mol. The van der Waals surface area contributed by atoms with Crippen LogP contribution in [0.4, 0.5) is 0 Å². The summed E-state index contributed by atoms with van der Waals surface area (Å²) in [5.41, 5.74) is 2.27. The summed E-state index contributed by atoms with van der Waals surface area (Å²) in [5.74, 6) is 3.40. The maximum Gasteiger partial charge on any atom is 0.192 e. The monoisotopic (exact) mass is 567 g/mol. The quantitative estimate of drug-likeness (QED) is 0.269. The minimum atomic E-state index is 0. The highest BCUT2D eigenvalue weighted by Crippen LogP contribution is 2.31. The van der Waals surface area contributed by atoms with E-state index < -0.39 is 0 Å². The molecule has 8 nitrogen and oxygen atoms in total. The minimum absolute atomic E-state index is 0. The van der Waals surface area contributed by atoms with Gasteiger partial charge in [0.15, 0.2) is 11.8 Å². The normalized spacial score (nSPS) is 15.5. The van der Waals surface area contributed by atoms with E-state index in [-0.39, 0.29) is 30.0 Å². The lowest BCUT2D eigenvalue weighted by molar-refractivity contribution is 0.261. The Kier molecular flexibility index (Phi) is 8.46. The standard InChI is InChI=1S/C22H29N7OS.HI/c1-14-15(2)31-21(25-14)9-11-23-22(24-13-20-28-27-16(3)29(20)4)26-18-10-12-30-19-8-6-5-7-17(18)19;/h5-8,18H,9-13H2,1-4H3,(H2,23,24,26);1H. The maximum atomic E-state index is 5.81. The number of halogens is 1. The van der Waals surface area contributed by atoms with Gasteiger partial charge in [-0.15, -0.1) is 45.5 Å². The Balaban J connectivity index is 0.00000289. The number of guanidine groups is 1. The fraction of sp³-hybridized carbons (Fsp3) is 0.455. The van der Waals surface area contributed by atoms with Crippen LogP contribution >= 0.6 is 35.3 Å². The maximum absolute atomic E-state index is 5.81. The Morgan fingerprint density at radius 2 is 2.06 bits per heavy atom. The van der Waals surface area contributed by atoms with Crippen LogP contribution in [0, 0.1) is 20.8 Å². The topological polar surface area (TPSA) is 89.3 Å². The lowest BCUT2D eigenvalue weighted by atomic mass is 10.0. The molecule has 2 N–H and O–H groups in total. The molecule has 1 aliphatic rings. The van der Waals surface area contributed by atoms with Gasteiger partial charge in [-0.3, -0.25) is 0 Å². The number of fused-ring (bicyclic) bond motifs is 1. The van der Waals surface area contributed by atoms with Gasteiger partial charge in [0.05, 0.1) is 23.4 Å². The third-order valence-corrected chi connectivity index (χ3v) is 6.67. The molecule has 0 fully saturated rings. The average Bonchev–Trinajstić information content (AvgIpc) is 3.26. The van der Waals surface area contributed by atoms with Crippen LogP contribution in [0.25, 0.3) is 0 Å². The van der Waals surface area contributed by atoms with Crippen molar-refractivity contribution in [2.24, 2.45) is 12.0 Å². The summed E-state index contributed by atoms with van der Waals surface area (Å²) in [6, 6.07) is 8.31. The van der Waals surface area contributed by atoms with Crippen LogP contribution in [0.3, 0.4) is 0 Å². The number of nitrogens with zero attached hydrogens (tertiary/aromatic N) is 5. The number of para-hydroxylation sites is 1. The number of ether oxygens (including phenoxy) is 1. The molecule has 2 aromatic heterocycles.